The van der Waals surface area contributed by atoms with Gasteiger partial charge < -0.3 is 9.47 Å². The molecule has 0 unspecified atom stereocenters. The van der Waals surface area contributed by atoms with Gasteiger partial charge >= 0.3 is 0 Å². The van der Waals surface area contributed by atoms with Gasteiger partial charge in [0.25, 0.3) is 0 Å². The third kappa shape index (κ3) is 2.33. The van der Waals surface area contributed by atoms with E-state index in [1.54, 1.807) is 14.2 Å². The highest BCUT2D eigenvalue weighted by Crippen LogP contribution is 2.36. The predicted octanol–water partition coefficient (Wildman–Crippen LogP) is 4.47. The fraction of sp³-hybridized carbons (Fsp3) is 0.100. The van der Waals surface area contributed by atoms with E-state index >= 15 is 0 Å². The molecule has 2 heterocycles. The second-order valence-corrected chi connectivity index (χ2v) is 5.46. The van der Waals surface area contributed by atoms with Crippen molar-refractivity contribution in [2.24, 2.45) is 0 Å². The lowest BCUT2D eigenvalue weighted by Crippen LogP contribution is -1.98. The average Bonchev–Trinajstić information content (AvgIpc) is 2.65. The van der Waals surface area contributed by atoms with E-state index in [1.165, 1.54) is 0 Å². The number of aromatic nitrogens is 2. The zero-order valence-electron chi connectivity index (χ0n) is 13.5. The molecule has 0 saturated carbocycles. The van der Waals surface area contributed by atoms with Crippen LogP contribution in [0.5, 0.6) is 11.5 Å². The molecule has 4 nitrogen and oxygen atoms in total. The molecule has 2 aromatic carbocycles. The summed E-state index contributed by atoms with van der Waals surface area (Å²) in [6.07, 6.45) is 0. The number of fused-ring (bicyclic) bond motifs is 2. The molecule has 24 heavy (non-hydrogen) atoms. The number of hydrogen-bond donors (Lipinski definition) is 0. The Labute approximate surface area is 139 Å². The van der Waals surface area contributed by atoms with Gasteiger partial charge in [-0.25, -0.2) is 9.97 Å². The summed E-state index contributed by atoms with van der Waals surface area (Å²) in [6, 6.07) is 19.8. The van der Waals surface area contributed by atoms with Gasteiger partial charge in [-0.05, 0) is 24.3 Å². The van der Waals surface area contributed by atoms with Crippen molar-refractivity contribution < 1.29 is 9.47 Å². The minimum atomic E-state index is 0.676. The summed E-state index contributed by atoms with van der Waals surface area (Å²) in [5.74, 6) is 1.35. The van der Waals surface area contributed by atoms with Crippen LogP contribution in [0.3, 0.4) is 0 Å². The van der Waals surface area contributed by atoms with Crippen molar-refractivity contribution in [1.82, 2.24) is 9.97 Å². The van der Waals surface area contributed by atoms with Gasteiger partial charge in [0, 0.05) is 10.8 Å². The maximum Gasteiger partial charge on any atom is 0.147 e. The largest absolute Gasteiger partial charge is 0.494 e. The van der Waals surface area contributed by atoms with Crippen LogP contribution in [0.4, 0.5) is 0 Å². The van der Waals surface area contributed by atoms with Crippen LogP contribution < -0.4 is 9.47 Å². The highest BCUT2D eigenvalue weighted by atomic mass is 16.5. The molecule has 4 rings (SSSR count). The van der Waals surface area contributed by atoms with E-state index in [1.807, 2.05) is 60.7 Å². The van der Waals surface area contributed by atoms with Gasteiger partial charge in [0.15, 0.2) is 0 Å². The Kier molecular flexibility index (Phi) is 3.50. The number of pyridine rings is 2. The van der Waals surface area contributed by atoms with E-state index in [-0.39, 0.29) is 0 Å². The van der Waals surface area contributed by atoms with Crippen molar-refractivity contribution in [2.45, 2.75) is 0 Å². The molecule has 4 aromatic rings. The lowest BCUT2D eigenvalue weighted by atomic mass is 10.1. The molecule has 0 aliphatic heterocycles. The summed E-state index contributed by atoms with van der Waals surface area (Å²) in [4.78, 5) is 9.53. The first-order valence-corrected chi connectivity index (χ1v) is 7.68. The van der Waals surface area contributed by atoms with Crippen LogP contribution in [0.2, 0.25) is 0 Å². The number of methoxy groups -OCH3 is 2. The molecule has 0 aliphatic carbocycles. The van der Waals surface area contributed by atoms with Crippen LogP contribution >= 0.6 is 0 Å². The quantitative estimate of drug-likeness (QED) is 0.559. The fourth-order valence-corrected chi connectivity index (χ4v) is 2.84. The van der Waals surface area contributed by atoms with Gasteiger partial charge in [0.2, 0.25) is 0 Å². The molecule has 118 valence electrons. The first kappa shape index (κ1) is 14.5. The van der Waals surface area contributed by atoms with E-state index in [0.717, 1.165) is 21.8 Å². The van der Waals surface area contributed by atoms with Crippen molar-refractivity contribution in [3.05, 3.63) is 60.7 Å². The minimum absolute atomic E-state index is 0.676. The Morgan fingerprint density at radius 1 is 0.625 bits per heavy atom. The van der Waals surface area contributed by atoms with Gasteiger partial charge in [0.1, 0.15) is 22.9 Å². The van der Waals surface area contributed by atoms with Crippen molar-refractivity contribution in [3.63, 3.8) is 0 Å². The standard InChI is InChI=1S/C20H16N2O2/c1-23-17-11-13-7-3-5-9-15(13)21-19(17)20-18(24-2)12-14-8-4-6-10-16(14)22-20/h3-12H,1-2H3. The molecule has 0 N–H and O–H groups in total. The van der Waals surface area contributed by atoms with Crippen molar-refractivity contribution in [3.8, 4) is 22.9 Å². The summed E-state index contributed by atoms with van der Waals surface area (Å²) < 4.78 is 11.1. The van der Waals surface area contributed by atoms with E-state index in [4.69, 9.17) is 19.4 Å². The molecule has 4 heteroatoms. The molecule has 0 fully saturated rings. The predicted molar refractivity (Wildman–Crippen MR) is 95.6 cm³/mol. The molecule has 2 aromatic heterocycles. The number of benzene rings is 2. The number of ether oxygens (including phenoxy) is 2. The van der Waals surface area contributed by atoms with Gasteiger partial charge in [-0.15, -0.1) is 0 Å². The molecule has 0 saturated heterocycles. The molecule has 0 atom stereocenters. The van der Waals surface area contributed by atoms with E-state index < -0.39 is 0 Å². The van der Waals surface area contributed by atoms with Crippen molar-refractivity contribution in [1.29, 1.82) is 0 Å². The summed E-state index contributed by atoms with van der Waals surface area (Å²) >= 11 is 0. The number of para-hydroxylation sites is 2. The smallest absolute Gasteiger partial charge is 0.147 e. The summed E-state index contributed by atoms with van der Waals surface area (Å²) in [5.41, 5.74) is 3.15. The molecular weight excluding hydrogens is 300 g/mol. The highest BCUT2D eigenvalue weighted by Gasteiger charge is 2.17. The Morgan fingerprint density at radius 3 is 1.46 bits per heavy atom. The molecule has 0 radical (unpaired) electrons. The van der Waals surface area contributed by atoms with Crippen molar-refractivity contribution >= 4 is 21.8 Å². The maximum absolute atomic E-state index is 5.56. The van der Waals surface area contributed by atoms with Crippen LogP contribution in [-0.2, 0) is 0 Å². The summed E-state index contributed by atoms with van der Waals surface area (Å²) in [6.45, 7) is 0. The SMILES string of the molecule is COc1cc2ccccc2nc1-c1nc2ccccc2cc1OC. The van der Waals surface area contributed by atoms with Crippen LogP contribution in [-0.4, -0.2) is 24.2 Å². The lowest BCUT2D eigenvalue weighted by molar-refractivity contribution is 0.408. The summed E-state index contributed by atoms with van der Waals surface area (Å²) in [7, 11) is 3.28. The van der Waals surface area contributed by atoms with Gasteiger partial charge in [-0.2, -0.15) is 0 Å². The molecular formula is C20H16N2O2. The van der Waals surface area contributed by atoms with Crippen LogP contribution in [0.1, 0.15) is 0 Å². The molecule has 0 bridgehead atoms. The number of rotatable bonds is 3. The number of nitrogens with zero attached hydrogens (tertiary/aromatic N) is 2. The Balaban J connectivity index is 2.04. The third-order valence-electron chi connectivity index (χ3n) is 4.04. The topological polar surface area (TPSA) is 44.2 Å². The Hall–Kier alpha value is -3.14. The normalized spacial score (nSPS) is 10.9. The van der Waals surface area contributed by atoms with E-state index in [0.29, 0.717) is 22.9 Å². The first-order chi connectivity index (χ1) is 11.8. The van der Waals surface area contributed by atoms with Gasteiger partial charge in [-0.1, -0.05) is 36.4 Å². The first-order valence-electron chi connectivity index (χ1n) is 7.68. The zero-order valence-corrected chi connectivity index (χ0v) is 13.5. The second-order valence-electron chi connectivity index (χ2n) is 5.46. The van der Waals surface area contributed by atoms with E-state index in [2.05, 4.69) is 0 Å². The molecule has 0 amide bonds. The van der Waals surface area contributed by atoms with Crippen LogP contribution in [0, 0.1) is 0 Å². The van der Waals surface area contributed by atoms with Crippen molar-refractivity contribution in [2.75, 3.05) is 14.2 Å². The Morgan fingerprint density at radius 2 is 1.04 bits per heavy atom. The average molecular weight is 316 g/mol. The van der Waals surface area contributed by atoms with Crippen LogP contribution in [0.15, 0.2) is 60.7 Å². The van der Waals surface area contributed by atoms with Crippen LogP contribution in [0.25, 0.3) is 33.2 Å². The molecule has 0 aliphatic rings. The third-order valence-corrected chi connectivity index (χ3v) is 4.04. The lowest BCUT2D eigenvalue weighted by Gasteiger charge is -2.13. The summed E-state index contributed by atoms with van der Waals surface area (Å²) in [5, 5.41) is 2.05. The Bertz CT molecular complexity index is 959. The highest BCUT2D eigenvalue weighted by molar-refractivity contribution is 5.89. The fourth-order valence-electron chi connectivity index (χ4n) is 2.84. The van der Waals surface area contributed by atoms with E-state index in [9.17, 15) is 0 Å². The monoisotopic (exact) mass is 316 g/mol. The second kappa shape index (κ2) is 5.81. The molecule has 0 spiro atoms. The zero-order chi connectivity index (χ0) is 16.5. The number of hydrogen-bond acceptors (Lipinski definition) is 4. The maximum atomic E-state index is 5.56. The van der Waals surface area contributed by atoms with Gasteiger partial charge in [-0.3, -0.25) is 0 Å². The minimum Gasteiger partial charge on any atom is -0.494 e. The van der Waals surface area contributed by atoms with Gasteiger partial charge in [0.05, 0.1) is 25.3 Å².